The third-order valence-corrected chi connectivity index (χ3v) is 4.70. The van der Waals surface area contributed by atoms with Crippen molar-refractivity contribution >= 4 is 11.8 Å². The van der Waals surface area contributed by atoms with Crippen molar-refractivity contribution in [2.24, 2.45) is 5.92 Å². The van der Waals surface area contributed by atoms with Gasteiger partial charge in [0, 0.05) is 23.1 Å². The van der Waals surface area contributed by atoms with Crippen LogP contribution in [0.2, 0.25) is 0 Å². The van der Waals surface area contributed by atoms with E-state index in [-0.39, 0.29) is 0 Å². The van der Waals surface area contributed by atoms with Crippen molar-refractivity contribution in [1.82, 2.24) is 10.6 Å². The Labute approximate surface area is 121 Å². The van der Waals surface area contributed by atoms with Gasteiger partial charge >= 0.3 is 0 Å². The first-order chi connectivity index (χ1) is 9.27. The van der Waals surface area contributed by atoms with Crippen molar-refractivity contribution in [2.45, 2.75) is 31.1 Å². The van der Waals surface area contributed by atoms with E-state index in [0.29, 0.717) is 5.92 Å². The Balaban J connectivity index is 1.57. The minimum Gasteiger partial charge on any atom is -0.316 e. The summed E-state index contributed by atoms with van der Waals surface area (Å²) in [6, 6.07) is 8.83. The highest BCUT2D eigenvalue weighted by atomic mass is 32.2. The van der Waals surface area contributed by atoms with Gasteiger partial charge < -0.3 is 10.6 Å². The van der Waals surface area contributed by atoms with Crippen LogP contribution in [-0.4, -0.2) is 31.9 Å². The summed E-state index contributed by atoms with van der Waals surface area (Å²) in [6.07, 6.45) is 1.22. The summed E-state index contributed by atoms with van der Waals surface area (Å²) in [5.41, 5.74) is 1.54. The topological polar surface area (TPSA) is 24.1 Å². The van der Waals surface area contributed by atoms with Gasteiger partial charge in [-0.25, -0.2) is 0 Å². The first-order valence-electron chi connectivity index (χ1n) is 7.40. The molecule has 1 heterocycles. The van der Waals surface area contributed by atoms with Gasteiger partial charge in [0.1, 0.15) is 0 Å². The van der Waals surface area contributed by atoms with Crippen LogP contribution in [0, 0.1) is 5.92 Å². The molecule has 3 heteroatoms. The summed E-state index contributed by atoms with van der Waals surface area (Å²) in [6.45, 7) is 9.00. The number of benzene rings is 1. The molecule has 0 saturated heterocycles. The number of nitrogens with one attached hydrogen (secondary N) is 2. The van der Waals surface area contributed by atoms with Gasteiger partial charge in [-0.1, -0.05) is 32.0 Å². The van der Waals surface area contributed by atoms with Crippen LogP contribution >= 0.6 is 11.8 Å². The molecule has 0 radical (unpaired) electrons. The normalized spacial score (nSPS) is 17.9. The van der Waals surface area contributed by atoms with Gasteiger partial charge in [0.2, 0.25) is 0 Å². The lowest BCUT2D eigenvalue weighted by molar-refractivity contribution is 0.525. The molecule has 106 valence electrons. The monoisotopic (exact) mass is 278 g/mol. The molecule has 19 heavy (non-hydrogen) atoms. The van der Waals surface area contributed by atoms with Crippen LogP contribution < -0.4 is 10.6 Å². The van der Waals surface area contributed by atoms with Gasteiger partial charge in [0.15, 0.2) is 0 Å². The molecule has 2 nitrogen and oxygen atoms in total. The zero-order valence-electron chi connectivity index (χ0n) is 12.1. The second kappa shape index (κ2) is 7.93. The van der Waals surface area contributed by atoms with Crippen molar-refractivity contribution in [2.75, 3.05) is 31.9 Å². The Hall–Kier alpha value is -0.510. The molecule has 2 rings (SSSR count). The van der Waals surface area contributed by atoms with Crippen LogP contribution in [0.5, 0.6) is 0 Å². The lowest BCUT2D eigenvalue weighted by atomic mass is 10.0. The maximum Gasteiger partial charge on any atom is 0.0108 e. The lowest BCUT2D eigenvalue weighted by Gasteiger charge is -2.12. The molecule has 1 aromatic rings. The summed E-state index contributed by atoms with van der Waals surface area (Å²) < 4.78 is 0. The molecule has 1 aliphatic rings. The second-order valence-electron chi connectivity index (χ2n) is 5.70. The fourth-order valence-corrected chi connectivity index (χ4v) is 3.66. The molecule has 1 atom stereocenters. The predicted molar refractivity (Wildman–Crippen MR) is 85.1 cm³/mol. The highest BCUT2D eigenvalue weighted by Crippen LogP contribution is 2.38. The number of rotatable bonds is 8. The first kappa shape index (κ1) is 14.9. The minimum absolute atomic E-state index is 0.699. The van der Waals surface area contributed by atoms with E-state index in [4.69, 9.17) is 0 Å². The Bertz CT molecular complexity index is 379. The van der Waals surface area contributed by atoms with Gasteiger partial charge in [-0.2, -0.15) is 0 Å². The Morgan fingerprint density at radius 3 is 2.84 bits per heavy atom. The molecule has 0 spiro atoms. The van der Waals surface area contributed by atoms with Crippen molar-refractivity contribution in [3.63, 3.8) is 0 Å². The van der Waals surface area contributed by atoms with Crippen LogP contribution in [0.25, 0.3) is 0 Å². The molecule has 2 N–H and O–H groups in total. The number of hydrogen-bond acceptors (Lipinski definition) is 3. The third kappa shape index (κ3) is 4.83. The van der Waals surface area contributed by atoms with Gasteiger partial charge in [-0.05, 0) is 43.6 Å². The van der Waals surface area contributed by atoms with Gasteiger partial charge in [0.25, 0.3) is 0 Å². The fraction of sp³-hybridized carbons (Fsp3) is 0.625. The van der Waals surface area contributed by atoms with E-state index in [2.05, 4.69) is 48.7 Å². The Morgan fingerprint density at radius 1 is 1.21 bits per heavy atom. The zero-order chi connectivity index (χ0) is 13.5. The smallest absolute Gasteiger partial charge is 0.0108 e. The number of hydrogen-bond donors (Lipinski definition) is 2. The van der Waals surface area contributed by atoms with Crippen molar-refractivity contribution in [3.05, 3.63) is 29.8 Å². The molecular formula is C16H26N2S. The largest absolute Gasteiger partial charge is 0.316 e. The average Bonchev–Trinajstić information content (AvgIpc) is 2.81. The molecule has 1 unspecified atom stereocenters. The Kier molecular flexibility index (Phi) is 6.21. The van der Waals surface area contributed by atoms with Crippen molar-refractivity contribution in [3.8, 4) is 0 Å². The van der Waals surface area contributed by atoms with Crippen molar-refractivity contribution in [1.29, 1.82) is 0 Å². The Morgan fingerprint density at radius 2 is 2.00 bits per heavy atom. The van der Waals surface area contributed by atoms with E-state index in [9.17, 15) is 0 Å². The van der Waals surface area contributed by atoms with Gasteiger partial charge in [-0.15, -0.1) is 11.8 Å². The van der Waals surface area contributed by atoms with Crippen molar-refractivity contribution < 1.29 is 0 Å². The lowest BCUT2D eigenvalue weighted by Crippen LogP contribution is -2.27. The fourth-order valence-electron chi connectivity index (χ4n) is 2.40. The standard InChI is InChI=1S/C16H26N2S/c1-13(2)10-17-8-5-9-18-11-14-12-19-16-7-4-3-6-15(14)16/h3-4,6-7,13-14,17-18H,5,8-12H2,1-2H3. The molecule has 0 saturated carbocycles. The van der Waals surface area contributed by atoms with E-state index in [1.54, 1.807) is 0 Å². The summed E-state index contributed by atoms with van der Waals surface area (Å²) in [5.74, 6) is 2.68. The molecule has 0 aromatic heterocycles. The summed E-state index contributed by atoms with van der Waals surface area (Å²) in [5, 5.41) is 7.09. The molecule has 0 bridgehead atoms. The summed E-state index contributed by atoms with van der Waals surface area (Å²) in [4.78, 5) is 1.48. The van der Waals surface area contributed by atoms with E-state index >= 15 is 0 Å². The average molecular weight is 278 g/mol. The van der Waals surface area contributed by atoms with Crippen LogP contribution in [0.1, 0.15) is 31.7 Å². The van der Waals surface area contributed by atoms with Gasteiger partial charge in [0.05, 0.1) is 0 Å². The predicted octanol–water partition coefficient (Wildman–Crippen LogP) is 3.10. The summed E-state index contributed by atoms with van der Waals surface area (Å²) in [7, 11) is 0. The highest BCUT2D eigenvalue weighted by Gasteiger charge is 2.21. The van der Waals surface area contributed by atoms with Gasteiger partial charge in [-0.3, -0.25) is 0 Å². The third-order valence-electron chi connectivity index (χ3n) is 3.45. The molecular weight excluding hydrogens is 252 g/mol. The zero-order valence-corrected chi connectivity index (χ0v) is 12.9. The number of thioether (sulfide) groups is 1. The molecule has 0 fully saturated rings. The van der Waals surface area contributed by atoms with Crippen LogP contribution in [0.4, 0.5) is 0 Å². The van der Waals surface area contributed by atoms with E-state index in [0.717, 1.165) is 32.1 Å². The SMILES string of the molecule is CC(C)CNCCCNCC1CSc2ccccc21. The maximum atomic E-state index is 3.60. The minimum atomic E-state index is 0.699. The summed E-state index contributed by atoms with van der Waals surface area (Å²) >= 11 is 2.00. The number of fused-ring (bicyclic) bond motifs is 1. The van der Waals surface area contributed by atoms with E-state index in [1.807, 2.05) is 11.8 Å². The van der Waals surface area contributed by atoms with E-state index < -0.39 is 0 Å². The molecule has 1 aromatic carbocycles. The second-order valence-corrected chi connectivity index (χ2v) is 6.76. The maximum absolute atomic E-state index is 3.60. The van der Waals surface area contributed by atoms with E-state index in [1.165, 1.54) is 22.6 Å². The molecule has 0 aliphatic carbocycles. The molecule has 1 aliphatic heterocycles. The quantitative estimate of drug-likeness (QED) is 0.715. The molecule has 0 amide bonds. The van der Waals surface area contributed by atoms with Crippen LogP contribution in [0.15, 0.2) is 29.2 Å². The van der Waals surface area contributed by atoms with Crippen LogP contribution in [0.3, 0.4) is 0 Å². The highest BCUT2D eigenvalue weighted by molar-refractivity contribution is 7.99. The first-order valence-corrected chi connectivity index (χ1v) is 8.39. The van der Waals surface area contributed by atoms with Crippen LogP contribution in [-0.2, 0) is 0 Å².